The molecule has 1 aliphatic heterocycles. The highest BCUT2D eigenvalue weighted by Crippen LogP contribution is 2.43. The van der Waals surface area contributed by atoms with Gasteiger partial charge >= 0.3 is 0 Å². The third-order valence-corrected chi connectivity index (χ3v) is 3.54. The Hall–Kier alpha value is -0.720. The normalized spacial score (nSPS) is 35.1. The average molecular weight is 192 g/mol. The second-order valence-electron chi connectivity index (χ2n) is 5.22. The standard InChI is InChI=1S/C13H20O/c1-9-5-6-12-11(7-9)8-10(2)14-13(12,3)4/h7-8,11-12H,5-6H2,1-4H3/t11-,12-/m1/s1. The molecule has 1 heteroatoms. The van der Waals surface area contributed by atoms with Crippen LogP contribution >= 0.6 is 0 Å². The zero-order valence-corrected chi connectivity index (χ0v) is 9.63. The summed E-state index contributed by atoms with van der Waals surface area (Å²) in [6.07, 6.45) is 7.20. The van der Waals surface area contributed by atoms with E-state index in [1.54, 1.807) is 0 Å². The van der Waals surface area contributed by atoms with Crippen LogP contribution < -0.4 is 0 Å². The maximum atomic E-state index is 5.91. The summed E-state index contributed by atoms with van der Waals surface area (Å²) in [5.74, 6) is 2.35. The Bertz CT molecular complexity index is 296. The first-order valence-corrected chi connectivity index (χ1v) is 5.54. The van der Waals surface area contributed by atoms with Crippen molar-refractivity contribution in [2.75, 3.05) is 0 Å². The lowest BCUT2D eigenvalue weighted by atomic mass is 9.71. The van der Waals surface area contributed by atoms with E-state index >= 15 is 0 Å². The van der Waals surface area contributed by atoms with Gasteiger partial charge in [-0.1, -0.05) is 11.6 Å². The Morgan fingerprint density at radius 3 is 2.71 bits per heavy atom. The van der Waals surface area contributed by atoms with Crippen LogP contribution in [0.25, 0.3) is 0 Å². The van der Waals surface area contributed by atoms with Crippen LogP contribution in [0.4, 0.5) is 0 Å². The molecule has 0 aromatic heterocycles. The fraction of sp³-hybridized carbons (Fsp3) is 0.692. The van der Waals surface area contributed by atoms with Crippen molar-refractivity contribution >= 4 is 0 Å². The summed E-state index contributed by atoms with van der Waals surface area (Å²) in [4.78, 5) is 0. The van der Waals surface area contributed by atoms with Gasteiger partial charge in [-0.15, -0.1) is 0 Å². The van der Waals surface area contributed by atoms with Crippen LogP contribution in [-0.2, 0) is 4.74 Å². The minimum absolute atomic E-state index is 0.0146. The molecular formula is C13H20O. The van der Waals surface area contributed by atoms with Gasteiger partial charge in [-0.25, -0.2) is 0 Å². The van der Waals surface area contributed by atoms with E-state index in [1.807, 2.05) is 0 Å². The van der Waals surface area contributed by atoms with E-state index in [0.717, 1.165) is 5.76 Å². The molecule has 0 radical (unpaired) electrons. The Labute approximate surface area is 86.8 Å². The van der Waals surface area contributed by atoms with Gasteiger partial charge in [0, 0.05) is 11.8 Å². The molecule has 0 saturated heterocycles. The van der Waals surface area contributed by atoms with Crippen molar-refractivity contribution in [3.05, 3.63) is 23.5 Å². The molecule has 0 unspecified atom stereocenters. The molecule has 2 rings (SSSR count). The van der Waals surface area contributed by atoms with E-state index < -0.39 is 0 Å². The average Bonchev–Trinajstić information content (AvgIpc) is 2.00. The van der Waals surface area contributed by atoms with E-state index in [-0.39, 0.29) is 5.60 Å². The van der Waals surface area contributed by atoms with E-state index in [4.69, 9.17) is 4.74 Å². The highest BCUT2D eigenvalue weighted by molar-refractivity contribution is 5.19. The number of rotatable bonds is 0. The van der Waals surface area contributed by atoms with Crippen LogP contribution in [0, 0.1) is 11.8 Å². The van der Waals surface area contributed by atoms with Crippen LogP contribution in [0.1, 0.15) is 40.5 Å². The van der Waals surface area contributed by atoms with Crippen molar-refractivity contribution in [1.29, 1.82) is 0 Å². The molecule has 2 aliphatic rings. The molecule has 0 saturated carbocycles. The van der Waals surface area contributed by atoms with Gasteiger partial charge in [0.25, 0.3) is 0 Å². The lowest BCUT2D eigenvalue weighted by Gasteiger charge is -2.44. The summed E-state index contributed by atoms with van der Waals surface area (Å²) in [7, 11) is 0. The van der Waals surface area contributed by atoms with Crippen LogP contribution in [0.15, 0.2) is 23.5 Å². The smallest absolute Gasteiger partial charge is 0.107 e. The first kappa shape index (κ1) is 9.82. The van der Waals surface area contributed by atoms with Gasteiger partial charge in [-0.3, -0.25) is 0 Å². The Morgan fingerprint density at radius 2 is 2.00 bits per heavy atom. The van der Waals surface area contributed by atoms with Crippen molar-refractivity contribution in [3.63, 3.8) is 0 Å². The zero-order chi connectivity index (χ0) is 10.3. The zero-order valence-electron chi connectivity index (χ0n) is 9.63. The number of hydrogen-bond acceptors (Lipinski definition) is 1. The van der Waals surface area contributed by atoms with Gasteiger partial charge in [0.2, 0.25) is 0 Å². The monoisotopic (exact) mass is 192 g/mol. The van der Waals surface area contributed by atoms with Crippen molar-refractivity contribution in [3.8, 4) is 0 Å². The molecule has 0 aromatic rings. The van der Waals surface area contributed by atoms with Crippen LogP contribution in [0.3, 0.4) is 0 Å². The predicted octanol–water partition coefficient (Wildman–Crippen LogP) is 3.67. The molecule has 0 aromatic carbocycles. The molecule has 1 heterocycles. The maximum absolute atomic E-state index is 5.91. The molecule has 0 spiro atoms. The van der Waals surface area contributed by atoms with Crippen LogP contribution in [0.2, 0.25) is 0 Å². The fourth-order valence-corrected chi connectivity index (χ4v) is 2.87. The molecule has 2 atom stereocenters. The van der Waals surface area contributed by atoms with E-state index in [1.165, 1.54) is 18.4 Å². The van der Waals surface area contributed by atoms with Gasteiger partial charge in [0.1, 0.15) is 5.60 Å². The fourth-order valence-electron chi connectivity index (χ4n) is 2.87. The first-order valence-electron chi connectivity index (χ1n) is 5.54. The molecule has 1 nitrogen and oxygen atoms in total. The van der Waals surface area contributed by atoms with Crippen LogP contribution in [-0.4, -0.2) is 5.60 Å². The molecule has 0 N–H and O–H groups in total. The summed E-state index contributed by atoms with van der Waals surface area (Å²) < 4.78 is 5.91. The summed E-state index contributed by atoms with van der Waals surface area (Å²) >= 11 is 0. The number of fused-ring (bicyclic) bond motifs is 1. The largest absolute Gasteiger partial charge is 0.492 e. The molecular weight excluding hydrogens is 172 g/mol. The van der Waals surface area contributed by atoms with Gasteiger partial charge in [0.05, 0.1) is 5.76 Å². The van der Waals surface area contributed by atoms with E-state index in [2.05, 4.69) is 39.8 Å². The maximum Gasteiger partial charge on any atom is 0.107 e. The van der Waals surface area contributed by atoms with E-state index in [0.29, 0.717) is 11.8 Å². The predicted molar refractivity (Wildman–Crippen MR) is 58.9 cm³/mol. The minimum atomic E-state index is 0.0146. The molecule has 14 heavy (non-hydrogen) atoms. The lowest BCUT2D eigenvalue weighted by molar-refractivity contribution is -0.0467. The van der Waals surface area contributed by atoms with Crippen molar-refractivity contribution < 1.29 is 4.74 Å². The van der Waals surface area contributed by atoms with Gasteiger partial charge in [0.15, 0.2) is 0 Å². The Balaban J connectivity index is 2.34. The molecule has 0 bridgehead atoms. The Morgan fingerprint density at radius 1 is 1.29 bits per heavy atom. The van der Waals surface area contributed by atoms with Gasteiger partial charge in [-0.05, 0) is 46.6 Å². The number of ether oxygens (including phenoxy) is 1. The first-order chi connectivity index (χ1) is 6.49. The van der Waals surface area contributed by atoms with Crippen LogP contribution in [0.5, 0.6) is 0 Å². The summed E-state index contributed by atoms with van der Waals surface area (Å²) in [6, 6.07) is 0. The second kappa shape index (κ2) is 3.15. The quantitative estimate of drug-likeness (QED) is 0.532. The SMILES string of the molecule is CC1=C[C@@H]2C=C(C)OC(C)(C)[C@@H]2CC1. The van der Waals surface area contributed by atoms with Gasteiger partial charge in [-0.2, -0.15) is 0 Å². The number of hydrogen-bond donors (Lipinski definition) is 0. The lowest BCUT2D eigenvalue weighted by Crippen LogP contribution is -2.42. The van der Waals surface area contributed by atoms with Crippen molar-refractivity contribution in [1.82, 2.24) is 0 Å². The summed E-state index contributed by atoms with van der Waals surface area (Å²) in [5.41, 5.74) is 1.55. The highest BCUT2D eigenvalue weighted by Gasteiger charge is 2.40. The Kier molecular flexibility index (Phi) is 2.21. The van der Waals surface area contributed by atoms with Crippen molar-refractivity contribution in [2.45, 2.75) is 46.1 Å². The van der Waals surface area contributed by atoms with Gasteiger partial charge < -0.3 is 4.74 Å². The molecule has 1 aliphatic carbocycles. The summed E-state index contributed by atoms with van der Waals surface area (Å²) in [6.45, 7) is 8.74. The summed E-state index contributed by atoms with van der Waals surface area (Å²) in [5, 5.41) is 0. The molecule has 78 valence electrons. The minimum Gasteiger partial charge on any atom is -0.492 e. The second-order valence-corrected chi connectivity index (χ2v) is 5.22. The molecule has 0 fully saturated rings. The van der Waals surface area contributed by atoms with Crippen molar-refractivity contribution in [2.24, 2.45) is 11.8 Å². The highest BCUT2D eigenvalue weighted by atomic mass is 16.5. The number of allylic oxidation sites excluding steroid dienone is 4. The third-order valence-electron chi connectivity index (χ3n) is 3.54. The van der Waals surface area contributed by atoms with E-state index in [9.17, 15) is 0 Å². The topological polar surface area (TPSA) is 9.23 Å². The third kappa shape index (κ3) is 1.60. The molecule has 0 amide bonds.